The molecule has 1 amide bonds. The van der Waals surface area contributed by atoms with E-state index in [4.69, 9.17) is 4.74 Å². The molecule has 1 aromatic carbocycles. The van der Waals surface area contributed by atoms with E-state index in [9.17, 15) is 4.79 Å². The van der Waals surface area contributed by atoms with Crippen molar-refractivity contribution in [2.24, 2.45) is 0 Å². The van der Waals surface area contributed by atoms with E-state index >= 15 is 0 Å². The summed E-state index contributed by atoms with van der Waals surface area (Å²) in [5.74, 6) is 1.76. The van der Waals surface area contributed by atoms with Crippen LogP contribution in [0.15, 0.2) is 24.3 Å². The van der Waals surface area contributed by atoms with Crippen LogP contribution in [-0.4, -0.2) is 35.8 Å². The molecular weight excluding hydrogens is 258 g/mol. The van der Waals surface area contributed by atoms with Crippen LogP contribution in [0, 0.1) is 6.92 Å². The zero-order valence-electron chi connectivity index (χ0n) is 11.3. The van der Waals surface area contributed by atoms with Gasteiger partial charge in [-0.3, -0.25) is 4.79 Å². The maximum absolute atomic E-state index is 11.7. The molecule has 0 saturated carbocycles. The summed E-state index contributed by atoms with van der Waals surface area (Å²) in [6.07, 6.45) is 2.58. The summed E-state index contributed by atoms with van der Waals surface area (Å²) in [5, 5.41) is 0. The smallest absolute Gasteiger partial charge is 0.223 e. The molecule has 0 unspecified atom stereocenters. The first kappa shape index (κ1) is 14.3. The van der Waals surface area contributed by atoms with Crippen LogP contribution in [-0.2, 0) is 4.79 Å². The van der Waals surface area contributed by atoms with Crippen LogP contribution in [0.25, 0.3) is 0 Å². The summed E-state index contributed by atoms with van der Waals surface area (Å²) in [6, 6.07) is 8.13. The van der Waals surface area contributed by atoms with Gasteiger partial charge < -0.3 is 9.64 Å². The topological polar surface area (TPSA) is 29.5 Å². The third-order valence-corrected chi connectivity index (χ3v) is 3.67. The SMILES string of the molecule is Cc1ccc(OC2CCN(C(=O)CCS)CC2)cc1. The maximum Gasteiger partial charge on any atom is 0.223 e. The van der Waals surface area contributed by atoms with Gasteiger partial charge in [0.25, 0.3) is 0 Å². The molecule has 1 aliphatic rings. The van der Waals surface area contributed by atoms with Crippen LogP contribution < -0.4 is 4.74 Å². The average molecular weight is 279 g/mol. The minimum absolute atomic E-state index is 0.212. The van der Waals surface area contributed by atoms with Crippen LogP contribution in [0.4, 0.5) is 0 Å². The van der Waals surface area contributed by atoms with Gasteiger partial charge in [0.15, 0.2) is 0 Å². The van der Waals surface area contributed by atoms with Crippen molar-refractivity contribution >= 4 is 18.5 Å². The predicted molar refractivity (Wildman–Crippen MR) is 79.9 cm³/mol. The Bertz CT molecular complexity index is 411. The molecule has 1 aromatic rings. The molecule has 3 nitrogen and oxygen atoms in total. The number of aryl methyl sites for hydroxylation is 1. The van der Waals surface area contributed by atoms with Gasteiger partial charge >= 0.3 is 0 Å². The van der Waals surface area contributed by atoms with Crippen LogP contribution in [0.3, 0.4) is 0 Å². The average Bonchev–Trinajstić information content (AvgIpc) is 2.42. The van der Waals surface area contributed by atoms with Crippen LogP contribution >= 0.6 is 12.6 Å². The lowest BCUT2D eigenvalue weighted by atomic mass is 10.1. The largest absolute Gasteiger partial charge is 0.490 e. The molecule has 19 heavy (non-hydrogen) atoms. The standard InChI is InChI=1S/C15H21NO2S/c1-12-2-4-13(5-3-12)18-14-6-9-16(10-7-14)15(17)8-11-19/h2-5,14,19H,6-11H2,1H3. The van der Waals surface area contributed by atoms with E-state index < -0.39 is 0 Å². The number of rotatable bonds is 4. The first-order valence-corrected chi connectivity index (χ1v) is 7.44. The minimum Gasteiger partial charge on any atom is -0.490 e. The molecule has 0 aliphatic carbocycles. The number of hydrogen-bond donors (Lipinski definition) is 1. The Labute approximate surface area is 120 Å². The molecule has 0 atom stereocenters. The molecule has 1 heterocycles. The third kappa shape index (κ3) is 4.16. The highest BCUT2D eigenvalue weighted by Gasteiger charge is 2.23. The Balaban J connectivity index is 1.80. The van der Waals surface area contributed by atoms with Crippen molar-refractivity contribution in [1.29, 1.82) is 0 Å². The highest BCUT2D eigenvalue weighted by atomic mass is 32.1. The molecule has 1 aliphatic heterocycles. The fourth-order valence-electron chi connectivity index (χ4n) is 2.29. The van der Waals surface area contributed by atoms with Crippen molar-refractivity contribution in [3.05, 3.63) is 29.8 Å². The summed E-state index contributed by atoms with van der Waals surface area (Å²) in [4.78, 5) is 13.7. The van der Waals surface area contributed by atoms with E-state index in [1.54, 1.807) is 0 Å². The van der Waals surface area contributed by atoms with Gasteiger partial charge in [-0.1, -0.05) is 17.7 Å². The summed E-state index contributed by atoms with van der Waals surface area (Å²) in [7, 11) is 0. The lowest BCUT2D eigenvalue weighted by Gasteiger charge is -2.32. The summed E-state index contributed by atoms with van der Waals surface area (Å²) in [6.45, 7) is 3.65. The molecule has 104 valence electrons. The molecule has 1 fully saturated rings. The number of likely N-dealkylation sites (tertiary alicyclic amines) is 1. The predicted octanol–water partition coefficient (Wildman–Crippen LogP) is 2.68. The summed E-state index contributed by atoms with van der Waals surface area (Å²) in [5.41, 5.74) is 1.24. The van der Waals surface area contributed by atoms with Gasteiger partial charge in [0, 0.05) is 32.4 Å². The lowest BCUT2D eigenvalue weighted by molar-refractivity contribution is -0.132. The highest BCUT2D eigenvalue weighted by molar-refractivity contribution is 7.80. The van der Waals surface area contributed by atoms with Crippen molar-refractivity contribution in [1.82, 2.24) is 4.90 Å². The molecular formula is C15H21NO2S. The molecule has 0 N–H and O–H groups in total. The van der Waals surface area contributed by atoms with Crippen LogP contribution in [0.2, 0.25) is 0 Å². The fourth-order valence-corrected chi connectivity index (χ4v) is 2.48. The number of nitrogens with zero attached hydrogens (tertiary/aromatic N) is 1. The number of piperidine rings is 1. The Morgan fingerprint density at radius 1 is 1.32 bits per heavy atom. The summed E-state index contributed by atoms with van der Waals surface area (Å²) < 4.78 is 5.95. The first-order valence-electron chi connectivity index (χ1n) is 6.81. The van der Waals surface area contributed by atoms with Crippen molar-refractivity contribution in [2.75, 3.05) is 18.8 Å². The van der Waals surface area contributed by atoms with Crippen molar-refractivity contribution in [2.45, 2.75) is 32.3 Å². The molecule has 4 heteroatoms. The van der Waals surface area contributed by atoms with E-state index in [2.05, 4.69) is 31.7 Å². The van der Waals surface area contributed by atoms with Gasteiger partial charge in [0.05, 0.1) is 0 Å². The second kappa shape index (κ2) is 6.85. The number of amides is 1. The van der Waals surface area contributed by atoms with E-state index in [0.717, 1.165) is 31.7 Å². The molecule has 0 radical (unpaired) electrons. The first-order chi connectivity index (χ1) is 9.19. The Kier molecular flexibility index (Phi) is 5.14. The molecule has 0 spiro atoms. The third-order valence-electron chi connectivity index (χ3n) is 3.44. The van der Waals surface area contributed by atoms with Crippen molar-refractivity contribution in [3.8, 4) is 5.75 Å². The number of hydrogen-bond acceptors (Lipinski definition) is 3. The molecule has 2 rings (SSSR count). The van der Waals surface area contributed by atoms with Gasteiger partial charge in [0.2, 0.25) is 5.91 Å². The maximum atomic E-state index is 11.7. The van der Waals surface area contributed by atoms with Gasteiger partial charge in [-0.15, -0.1) is 0 Å². The molecule has 0 aromatic heterocycles. The minimum atomic E-state index is 0.212. The molecule has 0 bridgehead atoms. The Hall–Kier alpha value is -1.16. The second-order valence-corrected chi connectivity index (χ2v) is 5.43. The number of ether oxygens (including phenoxy) is 1. The monoisotopic (exact) mass is 279 g/mol. The number of carbonyl (C=O) groups excluding carboxylic acids is 1. The Morgan fingerprint density at radius 3 is 2.53 bits per heavy atom. The van der Waals surface area contributed by atoms with Gasteiger partial charge in [-0.2, -0.15) is 12.6 Å². The zero-order valence-corrected chi connectivity index (χ0v) is 12.2. The normalized spacial score (nSPS) is 16.4. The second-order valence-electron chi connectivity index (χ2n) is 4.98. The van der Waals surface area contributed by atoms with Crippen LogP contribution in [0.1, 0.15) is 24.8 Å². The highest BCUT2D eigenvalue weighted by Crippen LogP contribution is 2.19. The van der Waals surface area contributed by atoms with E-state index in [1.165, 1.54) is 5.56 Å². The van der Waals surface area contributed by atoms with E-state index in [-0.39, 0.29) is 12.0 Å². The van der Waals surface area contributed by atoms with Gasteiger partial charge in [0.1, 0.15) is 11.9 Å². The van der Waals surface area contributed by atoms with Crippen LogP contribution in [0.5, 0.6) is 5.75 Å². The van der Waals surface area contributed by atoms with Crippen molar-refractivity contribution in [3.63, 3.8) is 0 Å². The van der Waals surface area contributed by atoms with Crippen molar-refractivity contribution < 1.29 is 9.53 Å². The Morgan fingerprint density at radius 2 is 1.95 bits per heavy atom. The zero-order chi connectivity index (χ0) is 13.7. The van der Waals surface area contributed by atoms with Gasteiger partial charge in [-0.25, -0.2) is 0 Å². The number of benzene rings is 1. The number of carbonyl (C=O) groups is 1. The quantitative estimate of drug-likeness (QED) is 0.859. The number of thiol groups is 1. The van der Waals surface area contributed by atoms with Gasteiger partial charge in [-0.05, 0) is 24.8 Å². The van der Waals surface area contributed by atoms with E-state index in [0.29, 0.717) is 12.2 Å². The van der Waals surface area contributed by atoms with E-state index in [1.807, 2.05) is 17.0 Å². The summed E-state index contributed by atoms with van der Waals surface area (Å²) >= 11 is 4.10. The fraction of sp³-hybridized carbons (Fsp3) is 0.533. The molecule has 1 saturated heterocycles. The lowest BCUT2D eigenvalue weighted by Crippen LogP contribution is -2.41.